The molecule has 0 rings (SSSR count). The van der Waals surface area contributed by atoms with Gasteiger partial charge in [0.25, 0.3) is 0 Å². The first-order valence-electron chi connectivity index (χ1n) is 4.53. The lowest BCUT2D eigenvalue weighted by atomic mass is 10.1. The molecule has 0 bridgehead atoms. The van der Waals surface area contributed by atoms with Crippen LogP contribution in [0.3, 0.4) is 0 Å². The van der Waals surface area contributed by atoms with Crippen LogP contribution in [0.25, 0.3) is 0 Å². The van der Waals surface area contributed by atoms with Crippen molar-refractivity contribution in [3.05, 3.63) is 0 Å². The van der Waals surface area contributed by atoms with Crippen LogP contribution in [0.1, 0.15) is 19.3 Å². The summed E-state index contributed by atoms with van der Waals surface area (Å²) in [5.74, 6) is -0.747. The molecule has 0 aliphatic heterocycles. The number of hydrogen-bond donors (Lipinski definition) is 4. The summed E-state index contributed by atoms with van der Waals surface area (Å²) in [6.07, 6.45) is 2.17. The highest BCUT2D eigenvalue weighted by atomic mass is 16.4. The van der Waals surface area contributed by atoms with Crippen LogP contribution in [0.15, 0.2) is 4.99 Å². The zero-order chi connectivity index (χ0) is 11.0. The Kier molecular flexibility index (Phi) is 6.47. The van der Waals surface area contributed by atoms with E-state index in [4.69, 9.17) is 16.6 Å². The lowest BCUT2D eigenvalue weighted by Crippen LogP contribution is -2.33. The predicted molar refractivity (Wildman–Crippen MR) is 55.0 cm³/mol. The van der Waals surface area contributed by atoms with Gasteiger partial charge in [0, 0.05) is 6.54 Å². The minimum absolute atomic E-state index is 0.0772. The van der Waals surface area contributed by atoms with Crippen LogP contribution in [-0.4, -0.2) is 36.7 Å². The summed E-state index contributed by atoms with van der Waals surface area (Å²) in [5.41, 5.74) is 10.3. The number of carboxylic acid groups (broad SMARTS) is 1. The Morgan fingerprint density at radius 2 is 2.14 bits per heavy atom. The first-order chi connectivity index (χ1) is 6.57. The second-order valence-electron chi connectivity index (χ2n) is 2.98. The van der Waals surface area contributed by atoms with Crippen molar-refractivity contribution in [2.24, 2.45) is 16.5 Å². The highest BCUT2D eigenvalue weighted by Gasteiger charge is 2.13. The minimum Gasteiger partial charge on any atom is -0.480 e. The largest absolute Gasteiger partial charge is 0.480 e. The second-order valence-corrected chi connectivity index (χ2v) is 2.98. The highest BCUT2D eigenvalue weighted by Crippen LogP contribution is 2.00. The maximum absolute atomic E-state index is 10.6. The quantitative estimate of drug-likeness (QED) is 0.243. The van der Waals surface area contributed by atoms with Crippen molar-refractivity contribution in [2.45, 2.75) is 25.3 Å². The van der Waals surface area contributed by atoms with Crippen LogP contribution in [0.4, 0.5) is 0 Å². The van der Waals surface area contributed by atoms with E-state index in [0.29, 0.717) is 13.0 Å². The number of nitrogens with one attached hydrogen (secondary N) is 1. The monoisotopic (exact) mass is 202 g/mol. The van der Waals surface area contributed by atoms with E-state index in [1.54, 1.807) is 7.05 Å². The molecule has 0 heterocycles. The Balaban J connectivity index is 3.52. The van der Waals surface area contributed by atoms with E-state index in [1.807, 2.05) is 0 Å². The molecule has 0 radical (unpaired) electrons. The van der Waals surface area contributed by atoms with E-state index in [2.05, 4.69) is 10.3 Å². The first kappa shape index (κ1) is 12.7. The molecule has 6 N–H and O–H groups in total. The van der Waals surface area contributed by atoms with Crippen molar-refractivity contribution in [3.63, 3.8) is 0 Å². The second kappa shape index (κ2) is 7.14. The normalized spacial score (nSPS) is 12.1. The molecule has 6 nitrogen and oxygen atoms in total. The van der Waals surface area contributed by atoms with E-state index in [9.17, 15) is 4.79 Å². The molecule has 0 aromatic carbocycles. The molecule has 82 valence electrons. The minimum atomic E-state index is -0.825. The van der Waals surface area contributed by atoms with Gasteiger partial charge < -0.3 is 21.9 Å². The Hall–Kier alpha value is -1.30. The number of nitrogens with zero attached hydrogens (tertiary/aromatic N) is 1. The van der Waals surface area contributed by atoms with Crippen molar-refractivity contribution in [1.29, 1.82) is 0 Å². The molecular weight excluding hydrogens is 184 g/mol. The Labute approximate surface area is 83.4 Å². The van der Waals surface area contributed by atoms with Crippen LogP contribution in [0.2, 0.25) is 0 Å². The summed E-state index contributed by atoms with van der Waals surface area (Å²) in [6.45, 7) is 0.554. The van der Waals surface area contributed by atoms with Gasteiger partial charge in [0.05, 0.1) is 0 Å². The van der Waals surface area contributed by atoms with E-state index in [1.165, 1.54) is 0 Å². The molecule has 14 heavy (non-hydrogen) atoms. The van der Waals surface area contributed by atoms with Crippen LogP contribution < -0.4 is 16.8 Å². The summed E-state index contributed by atoms with van der Waals surface area (Å²) in [4.78, 5) is 14.4. The molecule has 0 aliphatic rings. The van der Waals surface area contributed by atoms with E-state index < -0.39 is 12.0 Å². The van der Waals surface area contributed by atoms with Gasteiger partial charge in [0.2, 0.25) is 0 Å². The Morgan fingerprint density at radius 3 is 2.57 bits per heavy atom. The lowest BCUT2D eigenvalue weighted by Gasteiger charge is -2.09. The van der Waals surface area contributed by atoms with Gasteiger partial charge in [-0.2, -0.15) is 0 Å². The van der Waals surface area contributed by atoms with Crippen molar-refractivity contribution in [1.82, 2.24) is 5.32 Å². The number of unbranched alkanes of at least 4 members (excludes halogenated alkanes) is 1. The van der Waals surface area contributed by atoms with E-state index in [-0.39, 0.29) is 5.96 Å². The zero-order valence-corrected chi connectivity index (χ0v) is 8.36. The summed E-state index contributed by atoms with van der Waals surface area (Å²) in [5, 5.41) is 11.4. The molecule has 0 unspecified atom stereocenters. The predicted octanol–water partition coefficient (Wildman–Crippen LogP) is -0.897. The van der Waals surface area contributed by atoms with Crippen molar-refractivity contribution < 1.29 is 9.90 Å². The average molecular weight is 202 g/mol. The molecular formula is C8H18N4O2. The van der Waals surface area contributed by atoms with Crippen LogP contribution in [0.5, 0.6) is 0 Å². The standard InChI is InChI=1S/C8H18N4O2/c1-11-6(7(13)14)4-2-3-5-12-8(9)10/h6,11H,2-5H2,1H3,(H,13,14)(H4,9,10,12)/t6-/m0/s1. The average Bonchev–Trinajstić information content (AvgIpc) is 2.10. The number of rotatable bonds is 7. The topological polar surface area (TPSA) is 114 Å². The molecule has 0 aromatic rings. The number of nitrogens with two attached hydrogens (primary N) is 2. The van der Waals surface area contributed by atoms with Gasteiger partial charge in [0.1, 0.15) is 6.04 Å². The fraction of sp³-hybridized carbons (Fsp3) is 0.750. The number of aliphatic imine (C=N–C) groups is 1. The van der Waals surface area contributed by atoms with E-state index >= 15 is 0 Å². The maximum atomic E-state index is 10.6. The molecule has 0 saturated carbocycles. The van der Waals surface area contributed by atoms with Crippen molar-refractivity contribution in [2.75, 3.05) is 13.6 Å². The number of likely N-dealkylation sites (N-methyl/N-ethyl adjacent to an activating group) is 1. The van der Waals surface area contributed by atoms with Gasteiger partial charge in [-0.1, -0.05) is 0 Å². The Bertz CT molecular complexity index is 202. The summed E-state index contributed by atoms with van der Waals surface area (Å²) in [7, 11) is 1.63. The van der Waals surface area contributed by atoms with Crippen molar-refractivity contribution in [3.8, 4) is 0 Å². The third-order valence-electron chi connectivity index (χ3n) is 1.84. The van der Waals surface area contributed by atoms with Gasteiger partial charge in [-0.3, -0.25) is 9.79 Å². The molecule has 6 heteroatoms. The van der Waals surface area contributed by atoms with Gasteiger partial charge in [-0.05, 0) is 26.3 Å². The molecule has 0 fully saturated rings. The number of aliphatic carboxylic acids is 1. The number of carbonyl (C=O) groups is 1. The van der Waals surface area contributed by atoms with Gasteiger partial charge in [-0.25, -0.2) is 0 Å². The summed E-state index contributed by atoms with van der Waals surface area (Å²) < 4.78 is 0. The molecule has 0 aliphatic carbocycles. The highest BCUT2D eigenvalue weighted by molar-refractivity contribution is 5.75. The van der Waals surface area contributed by atoms with E-state index in [0.717, 1.165) is 12.8 Å². The number of hydrogen-bond acceptors (Lipinski definition) is 3. The maximum Gasteiger partial charge on any atom is 0.320 e. The van der Waals surface area contributed by atoms with Gasteiger partial charge in [0.15, 0.2) is 5.96 Å². The third kappa shape index (κ3) is 6.24. The third-order valence-corrected chi connectivity index (χ3v) is 1.84. The number of carboxylic acids is 1. The van der Waals surface area contributed by atoms with Crippen LogP contribution in [-0.2, 0) is 4.79 Å². The fourth-order valence-corrected chi connectivity index (χ4v) is 1.06. The fourth-order valence-electron chi connectivity index (χ4n) is 1.06. The summed E-state index contributed by atoms with van der Waals surface area (Å²) >= 11 is 0. The van der Waals surface area contributed by atoms with Gasteiger partial charge in [-0.15, -0.1) is 0 Å². The van der Waals surface area contributed by atoms with Crippen LogP contribution >= 0.6 is 0 Å². The molecule has 0 amide bonds. The SMILES string of the molecule is CN[C@@H](CCCCN=C(N)N)C(=O)O. The molecule has 0 saturated heterocycles. The number of guanidine groups is 1. The molecule has 0 spiro atoms. The van der Waals surface area contributed by atoms with Gasteiger partial charge >= 0.3 is 5.97 Å². The zero-order valence-electron chi connectivity index (χ0n) is 8.36. The smallest absolute Gasteiger partial charge is 0.320 e. The Morgan fingerprint density at radius 1 is 1.50 bits per heavy atom. The summed E-state index contributed by atoms with van der Waals surface area (Å²) in [6, 6.07) is -0.478. The van der Waals surface area contributed by atoms with Crippen LogP contribution in [0, 0.1) is 0 Å². The molecule has 1 atom stereocenters. The lowest BCUT2D eigenvalue weighted by molar-refractivity contribution is -0.139. The molecule has 0 aromatic heterocycles. The van der Waals surface area contributed by atoms with Crippen molar-refractivity contribution >= 4 is 11.9 Å². The first-order valence-corrected chi connectivity index (χ1v) is 4.53.